The second kappa shape index (κ2) is 3.58. The van der Waals surface area contributed by atoms with E-state index in [1.807, 2.05) is 6.07 Å². The Hall–Kier alpha value is -0.700. The summed E-state index contributed by atoms with van der Waals surface area (Å²) in [5, 5.41) is 0. The molecule has 0 radical (unpaired) electrons. The molecule has 2 rings (SSSR count). The molecule has 3 heteroatoms. The summed E-state index contributed by atoms with van der Waals surface area (Å²) in [6.07, 6.45) is 4.18. The molecule has 0 N–H and O–H groups in total. The highest BCUT2D eigenvalue weighted by Gasteiger charge is 2.15. The summed E-state index contributed by atoms with van der Waals surface area (Å²) >= 11 is 1.71. The average molecular weight is 197 g/mol. The summed E-state index contributed by atoms with van der Waals surface area (Å²) in [5.74, 6) is -0.123. The standard InChI is InChI=1S/C10H12FNS/c1-13-12-6-2-3-8-7-9(11)4-5-10(8)12/h4-5,7H,2-3,6H2,1H3. The number of rotatable bonds is 1. The predicted molar refractivity (Wildman–Crippen MR) is 55.6 cm³/mol. The van der Waals surface area contributed by atoms with E-state index in [1.54, 1.807) is 18.0 Å². The van der Waals surface area contributed by atoms with E-state index in [1.165, 1.54) is 11.8 Å². The first-order valence-electron chi connectivity index (χ1n) is 4.41. The zero-order chi connectivity index (χ0) is 9.26. The Labute approximate surface area is 82.1 Å². The lowest BCUT2D eigenvalue weighted by Crippen LogP contribution is -2.21. The van der Waals surface area contributed by atoms with Gasteiger partial charge in [0.1, 0.15) is 5.82 Å². The fraction of sp³-hybridized carbons (Fsp3) is 0.400. The van der Waals surface area contributed by atoms with Crippen molar-refractivity contribution in [1.82, 2.24) is 0 Å². The molecule has 1 nitrogen and oxygen atoms in total. The number of halogens is 1. The second-order valence-corrected chi connectivity index (χ2v) is 3.97. The summed E-state index contributed by atoms with van der Waals surface area (Å²) in [6, 6.07) is 5.06. The van der Waals surface area contributed by atoms with Gasteiger partial charge in [-0.15, -0.1) is 0 Å². The van der Waals surface area contributed by atoms with E-state index in [9.17, 15) is 4.39 Å². The van der Waals surface area contributed by atoms with Gasteiger partial charge in [-0.3, -0.25) is 0 Å². The summed E-state index contributed by atoms with van der Waals surface area (Å²) in [7, 11) is 0. The molecule has 0 spiro atoms. The van der Waals surface area contributed by atoms with Gasteiger partial charge in [-0.1, -0.05) is 11.9 Å². The van der Waals surface area contributed by atoms with Crippen molar-refractivity contribution in [3.05, 3.63) is 29.6 Å². The van der Waals surface area contributed by atoms with E-state index < -0.39 is 0 Å². The van der Waals surface area contributed by atoms with Crippen LogP contribution in [0.1, 0.15) is 12.0 Å². The van der Waals surface area contributed by atoms with Gasteiger partial charge in [0, 0.05) is 12.8 Å². The molecule has 0 bridgehead atoms. The summed E-state index contributed by atoms with van der Waals surface area (Å²) in [4.78, 5) is 0. The molecule has 0 unspecified atom stereocenters. The van der Waals surface area contributed by atoms with Crippen molar-refractivity contribution in [3.63, 3.8) is 0 Å². The first-order chi connectivity index (χ1) is 6.31. The molecule has 1 heterocycles. The normalized spacial score (nSPS) is 15.7. The lowest BCUT2D eigenvalue weighted by molar-refractivity contribution is 0.623. The third kappa shape index (κ3) is 1.66. The monoisotopic (exact) mass is 197 g/mol. The minimum atomic E-state index is -0.123. The zero-order valence-corrected chi connectivity index (χ0v) is 8.40. The van der Waals surface area contributed by atoms with E-state index in [-0.39, 0.29) is 5.82 Å². The first kappa shape index (κ1) is 8.88. The van der Waals surface area contributed by atoms with Crippen molar-refractivity contribution in [3.8, 4) is 0 Å². The number of fused-ring (bicyclic) bond motifs is 1. The van der Waals surface area contributed by atoms with Crippen molar-refractivity contribution in [1.29, 1.82) is 0 Å². The van der Waals surface area contributed by atoms with Crippen LogP contribution in [-0.2, 0) is 6.42 Å². The minimum absolute atomic E-state index is 0.123. The molecule has 1 aliphatic rings. The molecule has 13 heavy (non-hydrogen) atoms. The van der Waals surface area contributed by atoms with Crippen LogP contribution in [0, 0.1) is 5.82 Å². The van der Waals surface area contributed by atoms with E-state index in [2.05, 4.69) is 10.6 Å². The highest BCUT2D eigenvalue weighted by atomic mass is 32.2. The minimum Gasteiger partial charge on any atom is -0.316 e. The van der Waals surface area contributed by atoms with Crippen LogP contribution >= 0.6 is 11.9 Å². The lowest BCUT2D eigenvalue weighted by Gasteiger charge is -2.28. The maximum absolute atomic E-state index is 12.9. The van der Waals surface area contributed by atoms with Crippen LogP contribution < -0.4 is 4.31 Å². The van der Waals surface area contributed by atoms with Gasteiger partial charge >= 0.3 is 0 Å². The molecule has 0 atom stereocenters. The Kier molecular flexibility index (Phi) is 2.44. The molecule has 0 amide bonds. The maximum Gasteiger partial charge on any atom is 0.123 e. The number of hydrogen-bond acceptors (Lipinski definition) is 2. The predicted octanol–water partition coefficient (Wildman–Crippen LogP) is 2.86. The van der Waals surface area contributed by atoms with Gasteiger partial charge < -0.3 is 4.31 Å². The number of aryl methyl sites for hydroxylation is 1. The van der Waals surface area contributed by atoms with Crippen molar-refractivity contribution in [2.24, 2.45) is 0 Å². The Morgan fingerprint density at radius 3 is 3.08 bits per heavy atom. The fourth-order valence-corrected chi connectivity index (χ4v) is 2.41. The number of nitrogens with zero attached hydrogens (tertiary/aromatic N) is 1. The van der Waals surface area contributed by atoms with Crippen LogP contribution in [0.2, 0.25) is 0 Å². The molecule has 0 aliphatic carbocycles. The molecule has 0 fully saturated rings. The van der Waals surface area contributed by atoms with Gasteiger partial charge in [0.15, 0.2) is 0 Å². The van der Waals surface area contributed by atoms with E-state index in [0.717, 1.165) is 24.9 Å². The van der Waals surface area contributed by atoms with Crippen molar-refractivity contribution in [2.45, 2.75) is 12.8 Å². The van der Waals surface area contributed by atoms with Crippen LogP contribution in [0.25, 0.3) is 0 Å². The molecular weight excluding hydrogens is 185 g/mol. The average Bonchev–Trinajstić information content (AvgIpc) is 2.16. The lowest BCUT2D eigenvalue weighted by atomic mass is 10.0. The number of hydrogen-bond donors (Lipinski definition) is 0. The Bertz CT molecular complexity index is 314. The van der Waals surface area contributed by atoms with Crippen molar-refractivity contribution in [2.75, 3.05) is 17.1 Å². The van der Waals surface area contributed by atoms with Gasteiger partial charge in [-0.05, 0) is 36.6 Å². The first-order valence-corrected chi connectivity index (χ1v) is 5.59. The van der Waals surface area contributed by atoms with Crippen LogP contribution in [0.15, 0.2) is 18.2 Å². The van der Waals surface area contributed by atoms with E-state index in [4.69, 9.17) is 0 Å². The molecule has 0 aromatic heterocycles. The highest BCUT2D eigenvalue weighted by molar-refractivity contribution is 7.99. The molecule has 1 aliphatic heterocycles. The number of anilines is 1. The zero-order valence-electron chi connectivity index (χ0n) is 7.59. The van der Waals surface area contributed by atoms with Gasteiger partial charge in [-0.2, -0.15) is 0 Å². The smallest absolute Gasteiger partial charge is 0.123 e. The molecule has 0 saturated heterocycles. The molecule has 1 aromatic rings. The largest absolute Gasteiger partial charge is 0.316 e. The molecule has 0 saturated carbocycles. The van der Waals surface area contributed by atoms with Crippen LogP contribution in [0.3, 0.4) is 0 Å². The van der Waals surface area contributed by atoms with Crippen LogP contribution in [0.4, 0.5) is 10.1 Å². The quantitative estimate of drug-likeness (QED) is 0.637. The Balaban J connectivity index is 2.40. The summed E-state index contributed by atoms with van der Waals surface area (Å²) in [6.45, 7) is 1.07. The fourth-order valence-electron chi connectivity index (χ4n) is 1.72. The third-order valence-corrected chi connectivity index (χ3v) is 3.16. The number of benzene rings is 1. The Morgan fingerprint density at radius 2 is 2.31 bits per heavy atom. The molecule has 1 aromatic carbocycles. The SMILES string of the molecule is CSN1CCCc2cc(F)ccc21. The van der Waals surface area contributed by atoms with E-state index in [0.29, 0.717) is 0 Å². The summed E-state index contributed by atoms with van der Waals surface area (Å²) in [5.41, 5.74) is 2.32. The van der Waals surface area contributed by atoms with Crippen LogP contribution in [0.5, 0.6) is 0 Å². The maximum atomic E-state index is 12.9. The van der Waals surface area contributed by atoms with Crippen LogP contribution in [-0.4, -0.2) is 12.8 Å². The third-order valence-electron chi connectivity index (χ3n) is 2.34. The molecule has 70 valence electrons. The van der Waals surface area contributed by atoms with Crippen molar-refractivity contribution < 1.29 is 4.39 Å². The Morgan fingerprint density at radius 1 is 1.46 bits per heavy atom. The second-order valence-electron chi connectivity index (χ2n) is 3.16. The topological polar surface area (TPSA) is 3.24 Å². The molecular formula is C10H12FNS. The van der Waals surface area contributed by atoms with Gasteiger partial charge in [0.2, 0.25) is 0 Å². The van der Waals surface area contributed by atoms with E-state index >= 15 is 0 Å². The highest BCUT2D eigenvalue weighted by Crippen LogP contribution is 2.31. The van der Waals surface area contributed by atoms with Gasteiger partial charge in [0.25, 0.3) is 0 Å². The van der Waals surface area contributed by atoms with Gasteiger partial charge in [0.05, 0.1) is 5.69 Å². The van der Waals surface area contributed by atoms with Gasteiger partial charge in [-0.25, -0.2) is 4.39 Å². The van der Waals surface area contributed by atoms with Crippen molar-refractivity contribution >= 4 is 17.6 Å². The summed E-state index contributed by atoms with van der Waals surface area (Å²) < 4.78 is 15.1.